The van der Waals surface area contributed by atoms with Gasteiger partial charge in [-0.25, -0.2) is 0 Å². The summed E-state index contributed by atoms with van der Waals surface area (Å²) in [6.07, 6.45) is 0. The summed E-state index contributed by atoms with van der Waals surface area (Å²) in [6.45, 7) is 0. The van der Waals surface area contributed by atoms with E-state index < -0.39 is 5.41 Å². The van der Waals surface area contributed by atoms with Gasteiger partial charge in [0.1, 0.15) is 0 Å². The van der Waals surface area contributed by atoms with E-state index in [1.54, 1.807) is 0 Å². The highest BCUT2D eigenvalue weighted by molar-refractivity contribution is 6.13. The average molecular weight is 866 g/mol. The van der Waals surface area contributed by atoms with E-state index in [4.69, 9.17) is 0 Å². The molecule has 3 nitrogen and oxygen atoms in total. The molecule has 1 spiro atoms. The zero-order valence-electron chi connectivity index (χ0n) is 37.2. The number of para-hydroxylation sites is 6. The lowest BCUT2D eigenvalue weighted by Crippen LogP contribution is -2.33. The van der Waals surface area contributed by atoms with Crippen LogP contribution in [-0.2, 0) is 5.41 Å². The highest BCUT2D eigenvalue weighted by Crippen LogP contribution is 2.62. The van der Waals surface area contributed by atoms with Crippen LogP contribution in [0.1, 0.15) is 22.3 Å². The van der Waals surface area contributed by atoms with E-state index in [1.165, 1.54) is 77.2 Å². The number of aromatic nitrogens is 1. The molecule has 0 fully saturated rings. The standard InChI is InChI=1S/C65H43N3/c1-4-21-48(22-5-1)66(49-23-6-2-7-24-49)53-37-39-59-57(43-53)56-42-47(46-20-16-27-51(41-46)67(50-25-8-3-9-26-50)52-36-34-44-18-10-11-19-45(44)40-52)35-38-58(56)65(59)60-30-13-15-33-63(60)68-62-32-14-12-28-54(62)55-29-17-31-61(65)64(55)68/h1-43H. The van der Waals surface area contributed by atoms with Gasteiger partial charge in [-0.3, -0.25) is 0 Å². The molecular weight excluding hydrogens is 823 g/mol. The van der Waals surface area contributed by atoms with Crippen molar-refractivity contribution in [1.82, 2.24) is 4.57 Å². The van der Waals surface area contributed by atoms with Crippen molar-refractivity contribution in [2.75, 3.05) is 9.80 Å². The van der Waals surface area contributed by atoms with Crippen molar-refractivity contribution in [2.24, 2.45) is 0 Å². The van der Waals surface area contributed by atoms with Gasteiger partial charge in [0.05, 0.1) is 22.1 Å². The number of anilines is 6. The Bertz CT molecular complexity index is 3890. The van der Waals surface area contributed by atoms with Crippen molar-refractivity contribution in [1.29, 1.82) is 0 Å². The molecule has 1 aromatic heterocycles. The lowest BCUT2D eigenvalue weighted by atomic mass is 9.65. The van der Waals surface area contributed by atoms with Crippen LogP contribution in [-0.4, -0.2) is 4.57 Å². The SMILES string of the molecule is c1ccc(N(c2ccccc2)c2ccc3c(c2)-c2cc(-c4cccc(N(c5ccccc5)c5ccc6ccccc6c5)c4)ccc2C32c3ccccc3-n3c4ccccc4c4cccc2c43)cc1. The lowest BCUT2D eigenvalue weighted by Gasteiger charge is -2.39. The summed E-state index contributed by atoms with van der Waals surface area (Å²) in [4.78, 5) is 4.76. The van der Waals surface area contributed by atoms with Crippen molar-refractivity contribution in [2.45, 2.75) is 5.41 Å². The molecule has 1 aliphatic carbocycles. The van der Waals surface area contributed by atoms with E-state index >= 15 is 0 Å². The number of benzene rings is 11. The predicted molar refractivity (Wildman–Crippen MR) is 284 cm³/mol. The minimum absolute atomic E-state index is 0.575. The Labute approximate surface area is 395 Å². The molecule has 11 aromatic carbocycles. The quantitative estimate of drug-likeness (QED) is 0.158. The molecule has 0 amide bonds. The van der Waals surface area contributed by atoms with Crippen LogP contribution in [0, 0.1) is 0 Å². The van der Waals surface area contributed by atoms with E-state index in [2.05, 4.69) is 275 Å². The van der Waals surface area contributed by atoms with Crippen LogP contribution in [0.2, 0.25) is 0 Å². The van der Waals surface area contributed by atoms with Gasteiger partial charge in [-0.15, -0.1) is 0 Å². The van der Waals surface area contributed by atoms with Crippen LogP contribution in [0.4, 0.5) is 34.1 Å². The molecule has 3 heteroatoms. The number of hydrogen-bond acceptors (Lipinski definition) is 2. The molecule has 0 bridgehead atoms. The topological polar surface area (TPSA) is 11.4 Å². The fourth-order valence-electron chi connectivity index (χ4n) is 11.7. The monoisotopic (exact) mass is 865 g/mol. The van der Waals surface area contributed by atoms with E-state index in [1.807, 2.05) is 0 Å². The fourth-order valence-corrected chi connectivity index (χ4v) is 11.7. The van der Waals surface area contributed by atoms with Crippen LogP contribution in [0.3, 0.4) is 0 Å². The van der Waals surface area contributed by atoms with Crippen molar-refractivity contribution in [3.8, 4) is 27.9 Å². The zero-order valence-corrected chi connectivity index (χ0v) is 37.2. The van der Waals surface area contributed by atoms with Gasteiger partial charge < -0.3 is 14.4 Å². The third-order valence-electron chi connectivity index (χ3n) is 14.5. The summed E-state index contributed by atoms with van der Waals surface area (Å²) >= 11 is 0. The van der Waals surface area contributed by atoms with E-state index in [-0.39, 0.29) is 0 Å². The number of fused-ring (bicyclic) bond motifs is 13. The molecular formula is C65H43N3. The van der Waals surface area contributed by atoms with Crippen LogP contribution in [0.15, 0.2) is 261 Å². The van der Waals surface area contributed by atoms with Crippen molar-refractivity contribution in [3.05, 3.63) is 283 Å². The Balaban J connectivity index is 1.02. The van der Waals surface area contributed by atoms with Gasteiger partial charge in [0, 0.05) is 44.9 Å². The van der Waals surface area contributed by atoms with Crippen LogP contribution in [0.25, 0.3) is 60.5 Å². The van der Waals surface area contributed by atoms with Gasteiger partial charge in [-0.2, -0.15) is 0 Å². The highest BCUT2D eigenvalue weighted by atomic mass is 15.1. The molecule has 2 heterocycles. The molecule has 12 aromatic rings. The minimum atomic E-state index is -0.575. The third kappa shape index (κ3) is 5.60. The zero-order chi connectivity index (χ0) is 44.8. The summed E-state index contributed by atoms with van der Waals surface area (Å²) in [5.41, 5.74) is 19.9. The van der Waals surface area contributed by atoms with Crippen molar-refractivity contribution < 1.29 is 0 Å². The molecule has 14 rings (SSSR count). The lowest BCUT2D eigenvalue weighted by molar-refractivity contribution is 0.748. The van der Waals surface area contributed by atoms with Crippen LogP contribution >= 0.6 is 0 Å². The smallest absolute Gasteiger partial charge is 0.0754 e. The van der Waals surface area contributed by atoms with E-state index in [0.29, 0.717) is 0 Å². The molecule has 1 aliphatic heterocycles. The molecule has 2 aliphatic rings. The Morgan fingerprint density at radius 2 is 0.809 bits per heavy atom. The van der Waals surface area contributed by atoms with Gasteiger partial charge in [0.25, 0.3) is 0 Å². The van der Waals surface area contributed by atoms with E-state index in [0.717, 1.165) is 39.7 Å². The van der Waals surface area contributed by atoms with Gasteiger partial charge in [0.15, 0.2) is 0 Å². The average Bonchev–Trinajstić information content (AvgIpc) is 3.90. The molecule has 68 heavy (non-hydrogen) atoms. The summed E-state index contributed by atoms with van der Waals surface area (Å²) in [6, 6.07) is 96.1. The predicted octanol–water partition coefficient (Wildman–Crippen LogP) is 17.2. The Hall–Kier alpha value is -8.92. The third-order valence-corrected chi connectivity index (χ3v) is 14.5. The summed E-state index contributed by atoms with van der Waals surface area (Å²) in [7, 11) is 0. The second kappa shape index (κ2) is 15.1. The fraction of sp³-hybridized carbons (Fsp3) is 0.0154. The molecule has 0 radical (unpaired) electrons. The molecule has 0 saturated heterocycles. The van der Waals surface area contributed by atoms with Crippen LogP contribution in [0.5, 0.6) is 0 Å². The summed E-state index contributed by atoms with van der Waals surface area (Å²) < 4.78 is 2.52. The Morgan fingerprint density at radius 1 is 0.294 bits per heavy atom. The normalized spacial score (nSPS) is 14.2. The molecule has 1 unspecified atom stereocenters. The molecule has 0 saturated carbocycles. The van der Waals surface area contributed by atoms with E-state index in [9.17, 15) is 0 Å². The molecule has 1 atom stereocenters. The first-order chi connectivity index (χ1) is 33.7. The summed E-state index contributed by atoms with van der Waals surface area (Å²) in [5, 5.41) is 4.99. The van der Waals surface area contributed by atoms with Gasteiger partial charge >= 0.3 is 0 Å². The maximum Gasteiger partial charge on any atom is 0.0754 e. The Kier molecular flexibility index (Phi) is 8.50. The van der Waals surface area contributed by atoms with Gasteiger partial charge in [-0.05, 0) is 146 Å². The number of rotatable bonds is 7. The molecule has 318 valence electrons. The first-order valence-electron chi connectivity index (χ1n) is 23.5. The maximum absolute atomic E-state index is 2.52. The van der Waals surface area contributed by atoms with Gasteiger partial charge in [-0.1, -0.05) is 170 Å². The summed E-state index contributed by atoms with van der Waals surface area (Å²) in [5.74, 6) is 0. The Morgan fingerprint density at radius 3 is 1.57 bits per heavy atom. The maximum atomic E-state index is 2.52. The largest absolute Gasteiger partial charge is 0.310 e. The van der Waals surface area contributed by atoms with Crippen LogP contribution < -0.4 is 9.80 Å². The molecule has 0 N–H and O–H groups in total. The second-order valence-electron chi connectivity index (χ2n) is 18.1. The number of hydrogen-bond donors (Lipinski definition) is 0. The van der Waals surface area contributed by atoms with Crippen molar-refractivity contribution in [3.63, 3.8) is 0 Å². The van der Waals surface area contributed by atoms with Crippen molar-refractivity contribution >= 4 is 66.7 Å². The second-order valence-corrected chi connectivity index (χ2v) is 18.1. The van der Waals surface area contributed by atoms with Gasteiger partial charge in [0.2, 0.25) is 0 Å². The first kappa shape index (κ1) is 38.4. The first-order valence-corrected chi connectivity index (χ1v) is 23.5. The number of nitrogens with zero attached hydrogens (tertiary/aromatic N) is 3. The highest BCUT2D eigenvalue weighted by Gasteiger charge is 2.51. The minimum Gasteiger partial charge on any atom is -0.310 e.